The van der Waals surface area contributed by atoms with Crippen molar-refractivity contribution in [3.63, 3.8) is 0 Å². The summed E-state index contributed by atoms with van der Waals surface area (Å²) in [4.78, 5) is 8.76. The van der Waals surface area contributed by atoms with E-state index in [4.69, 9.17) is 4.74 Å². The molecule has 0 fully saturated rings. The molecule has 3 heterocycles. The van der Waals surface area contributed by atoms with Gasteiger partial charge in [0.25, 0.3) is 0 Å². The molecule has 0 aliphatic rings. The number of H-pyrrole nitrogens is 1. The zero-order valence-corrected chi connectivity index (χ0v) is 18.3. The van der Waals surface area contributed by atoms with Crippen molar-refractivity contribution in [2.45, 2.75) is 32.4 Å². The van der Waals surface area contributed by atoms with E-state index in [0.717, 1.165) is 22.5 Å². The summed E-state index contributed by atoms with van der Waals surface area (Å²) in [5, 5.41) is 32.9. The topological polar surface area (TPSA) is 138 Å². The highest BCUT2D eigenvalue weighted by atomic mass is 16.5. The largest absolute Gasteiger partial charge is 0.489 e. The Morgan fingerprint density at radius 2 is 2.00 bits per heavy atom. The number of aliphatic hydroxyl groups excluding tert-OH is 1. The van der Waals surface area contributed by atoms with Gasteiger partial charge in [0, 0.05) is 42.5 Å². The quantitative estimate of drug-likeness (QED) is 0.358. The minimum absolute atomic E-state index is 0.00452. The highest BCUT2D eigenvalue weighted by molar-refractivity contribution is 5.66. The number of aromatic nitrogens is 6. The molecule has 3 aromatic heterocycles. The third-order valence-electron chi connectivity index (χ3n) is 5.05. The fourth-order valence-corrected chi connectivity index (χ4v) is 3.26. The van der Waals surface area contributed by atoms with E-state index < -0.39 is 0 Å². The lowest BCUT2D eigenvalue weighted by Gasteiger charge is -2.16. The maximum Gasteiger partial charge on any atom is 0.227 e. The molecule has 2 unspecified atom stereocenters. The molecular formula is C23H24N8O2. The number of benzene rings is 1. The van der Waals surface area contributed by atoms with Gasteiger partial charge in [-0.1, -0.05) is 6.07 Å². The van der Waals surface area contributed by atoms with Crippen LogP contribution < -0.4 is 10.1 Å². The molecule has 3 N–H and O–H groups in total. The van der Waals surface area contributed by atoms with Gasteiger partial charge >= 0.3 is 0 Å². The van der Waals surface area contributed by atoms with Crippen molar-refractivity contribution in [1.29, 1.82) is 5.26 Å². The lowest BCUT2D eigenvalue weighted by molar-refractivity contribution is 0.220. The second kappa shape index (κ2) is 9.93. The van der Waals surface area contributed by atoms with Crippen molar-refractivity contribution in [3.05, 3.63) is 66.5 Å². The highest BCUT2D eigenvalue weighted by Crippen LogP contribution is 2.28. The van der Waals surface area contributed by atoms with Crippen molar-refractivity contribution < 1.29 is 9.84 Å². The van der Waals surface area contributed by atoms with Crippen LogP contribution in [0, 0.1) is 11.3 Å². The first-order valence-electron chi connectivity index (χ1n) is 10.5. The van der Waals surface area contributed by atoms with E-state index in [9.17, 15) is 10.4 Å². The van der Waals surface area contributed by atoms with E-state index >= 15 is 0 Å². The van der Waals surface area contributed by atoms with Crippen molar-refractivity contribution >= 4 is 11.6 Å². The molecule has 0 radical (unpaired) electrons. The average Bonchev–Trinajstić information content (AvgIpc) is 3.51. The molecule has 2 atom stereocenters. The predicted molar refractivity (Wildman–Crippen MR) is 122 cm³/mol. The van der Waals surface area contributed by atoms with Crippen molar-refractivity contribution in [1.82, 2.24) is 29.9 Å². The summed E-state index contributed by atoms with van der Waals surface area (Å²) >= 11 is 0. The van der Waals surface area contributed by atoms with Gasteiger partial charge in [-0.05, 0) is 37.6 Å². The lowest BCUT2D eigenvalue weighted by atomic mass is 10.1. The molecule has 4 aromatic rings. The average molecular weight is 444 g/mol. The fourth-order valence-electron chi connectivity index (χ4n) is 3.26. The Balaban J connectivity index is 1.47. The van der Waals surface area contributed by atoms with Crippen LogP contribution in [0.25, 0.3) is 11.1 Å². The standard InChI is InChI=1S/C23H24N8O2/c1-15(14-32)31-13-21(12-28-31)29-23-25-10-19(11-26-23)17-3-4-18(9-24)22(8-17)33-16(2)7-20-5-6-27-30-20/h3-6,8,10-13,15-16,32H,7,14H2,1-2H3,(H,27,30)(H,25,26,29). The Labute approximate surface area is 190 Å². The van der Waals surface area contributed by atoms with Crippen LogP contribution in [-0.4, -0.2) is 47.8 Å². The van der Waals surface area contributed by atoms with Crippen LogP contribution in [0.1, 0.15) is 31.1 Å². The summed E-state index contributed by atoms with van der Waals surface area (Å²) in [6.07, 6.45) is 9.04. The number of nitriles is 1. The number of hydrogen-bond donors (Lipinski definition) is 3. The van der Waals surface area contributed by atoms with Gasteiger partial charge in [-0.25, -0.2) is 9.97 Å². The first kappa shape index (κ1) is 22.0. The minimum Gasteiger partial charge on any atom is -0.489 e. The van der Waals surface area contributed by atoms with Gasteiger partial charge in [0.15, 0.2) is 0 Å². The summed E-state index contributed by atoms with van der Waals surface area (Å²) in [6, 6.07) is 9.37. The highest BCUT2D eigenvalue weighted by Gasteiger charge is 2.13. The van der Waals surface area contributed by atoms with Gasteiger partial charge in [0.1, 0.15) is 17.9 Å². The fraction of sp³-hybridized carbons (Fsp3) is 0.261. The molecule has 0 saturated carbocycles. The first-order chi connectivity index (χ1) is 16.1. The first-order valence-corrected chi connectivity index (χ1v) is 10.5. The molecular weight excluding hydrogens is 420 g/mol. The molecule has 0 spiro atoms. The van der Waals surface area contributed by atoms with Crippen LogP contribution in [-0.2, 0) is 6.42 Å². The summed E-state index contributed by atoms with van der Waals surface area (Å²) < 4.78 is 7.72. The summed E-state index contributed by atoms with van der Waals surface area (Å²) in [6.45, 7) is 3.82. The number of nitrogens with one attached hydrogen (secondary N) is 2. The summed E-state index contributed by atoms with van der Waals surface area (Å²) in [5.41, 5.74) is 3.78. The van der Waals surface area contributed by atoms with Crippen LogP contribution in [0.15, 0.2) is 55.2 Å². The van der Waals surface area contributed by atoms with Crippen LogP contribution in [0.5, 0.6) is 5.75 Å². The van der Waals surface area contributed by atoms with Gasteiger partial charge in [-0.2, -0.15) is 15.5 Å². The monoisotopic (exact) mass is 444 g/mol. The maximum atomic E-state index is 9.48. The zero-order chi connectivity index (χ0) is 23.2. The van der Waals surface area contributed by atoms with Gasteiger partial charge < -0.3 is 15.2 Å². The van der Waals surface area contributed by atoms with E-state index in [1.807, 2.05) is 32.0 Å². The normalized spacial score (nSPS) is 12.7. The molecule has 10 heteroatoms. The molecule has 1 aromatic carbocycles. The Morgan fingerprint density at radius 3 is 2.70 bits per heavy atom. The molecule has 0 aliphatic carbocycles. The number of hydrogen-bond acceptors (Lipinski definition) is 8. The second-order valence-electron chi connectivity index (χ2n) is 7.70. The van der Waals surface area contributed by atoms with E-state index in [1.54, 1.807) is 41.7 Å². The van der Waals surface area contributed by atoms with Crippen LogP contribution in [0.3, 0.4) is 0 Å². The Bertz CT molecular complexity index is 1230. The Morgan fingerprint density at radius 1 is 1.18 bits per heavy atom. The smallest absolute Gasteiger partial charge is 0.227 e. The Hall–Kier alpha value is -4.23. The van der Waals surface area contributed by atoms with Gasteiger partial charge in [-0.15, -0.1) is 0 Å². The number of aliphatic hydroxyl groups is 1. The van der Waals surface area contributed by atoms with Crippen molar-refractivity contribution in [3.8, 4) is 22.9 Å². The number of nitrogens with zero attached hydrogens (tertiary/aromatic N) is 6. The number of ether oxygens (including phenoxy) is 1. The van der Waals surface area contributed by atoms with Crippen LogP contribution in [0.2, 0.25) is 0 Å². The maximum absolute atomic E-state index is 9.48. The third kappa shape index (κ3) is 5.34. The summed E-state index contributed by atoms with van der Waals surface area (Å²) in [5.74, 6) is 0.933. The molecule has 0 bridgehead atoms. The zero-order valence-electron chi connectivity index (χ0n) is 18.3. The number of rotatable bonds is 9. The second-order valence-corrected chi connectivity index (χ2v) is 7.70. The SMILES string of the molecule is CC(Cc1ccn[nH]1)Oc1cc(-c2cnc(Nc3cnn(C(C)CO)c3)nc2)ccc1C#N. The minimum atomic E-state index is -0.148. The molecule has 168 valence electrons. The molecule has 0 amide bonds. The molecule has 10 nitrogen and oxygen atoms in total. The van der Waals surface area contributed by atoms with Gasteiger partial charge in [-0.3, -0.25) is 9.78 Å². The molecule has 0 aliphatic heterocycles. The van der Waals surface area contributed by atoms with Gasteiger partial charge in [0.2, 0.25) is 5.95 Å². The summed E-state index contributed by atoms with van der Waals surface area (Å²) in [7, 11) is 0. The third-order valence-corrected chi connectivity index (χ3v) is 5.05. The van der Waals surface area contributed by atoms with E-state index in [1.165, 1.54) is 0 Å². The van der Waals surface area contributed by atoms with Crippen LogP contribution in [0.4, 0.5) is 11.6 Å². The number of anilines is 2. The molecule has 33 heavy (non-hydrogen) atoms. The van der Waals surface area contributed by atoms with E-state index in [2.05, 4.69) is 36.7 Å². The van der Waals surface area contributed by atoms with Crippen LogP contribution >= 0.6 is 0 Å². The lowest BCUT2D eigenvalue weighted by Crippen LogP contribution is -2.16. The van der Waals surface area contributed by atoms with Gasteiger partial charge in [0.05, 0.1) is 30.1 Å². The Kier molecular flexibility index (Phi) is 6.61. The van der Waals surface area contributed by atoms with E-state index in [0.29, 0.717) is 23.7 Å². The predicted octanol–water partition coefficient (Wildman–Crippen LogP) is 3.24. The van der Waals surface area contributed by atoms with Crippen molar-refractivity contribution in [2.24, 2.45) is 0 Å². The van der Waals surface area contributed by atoms with E-state index in [-0.39, 0.29) is 18.8 Å². The molecule has 0 saturated heterocycles. The van der Waals surface area contributed by atoms with Crippen molar-refractivity contribution in [2.75, 3.05) is 11.9 Å². The molecule has 4 rings (SSSR count). The number of aromatic amines is 1.